The van der Waals surface area contributed by atoms with Crippen molar-refractivity contribution in [1.82, 2.24) is 9.88 Å². The van der Waals surface area contributed by atoms with Crippen LogP contribution in [0.3, 0.4) is 0 Å². The predicted molar refractivity (Wildman–Crippen MR) is 93.1 cm³/mol. The Labute approximate surface area is 142 Å². The van der Waals surface area contributed by atoms with Crippen molar-refractivity contribution in [2.75, 3.05) is 7.05 Å². The number of carboxylic acid groups (broad SMARTS) is 1. The van der Waals surface area contributed by atoms with Gasteiger partial charge in [0.2, 0.25) is 0 Å². The minimum Gasteiger partial charge on any atom is -0.478 e. The molecule has 1 amide bonds. The van der Waals surface area contributed by atoms with E-state index in [0.717, 1.165) is 5.56 Å². The molecule has 24 heavy (non-hydrogen) atoms. The van der Waals surface area contributed by atoms with Crippen molar-refractivity contribution in [3.8, 4) is 0 Å². The third kappa shape index (κ3) is 3.36. The molecule has 1 aromatic carbocycles. The highest BCUT2D eigenvalue weighted by Gasteiger charge is 2.30. The molecule has 0 saturated carbocycles. The normalized spacial score (nSPS) is 17.7. The van der Waals surface area contributed by atoms with E-state index in [-0.39, 0.29) is 11.5 Å². The van der Waals surface area contributed by atoms with E-state index in [1.54, 1.807) is 43.7 Å². The van der Waals surface area contributed by atoms with Gasteiger partial charge in [-0.2, -0.15) is 0 Å². The molecule has 6 nitrogen and oxygen atoms in total. The highest BCUT2D eigenvalue weighted by atomic mass is 32.2. The number of benzene rings is 1. The lowest BCUT2D eigenvalue weighted by molar-refractivity contribution is -0.121. The third-order valence-corrected chi connectivity index (χ3v) is 4.39. The summed E-state index contributed by atoms with van der Waals surface area (Å²) >= 11 is 1.27. The first-order chi connectivity index (χ1) is 11.5. The van der Waals surface area contributed by atoms with Crippen molar-refractivity contribution in [2.24, 2.45) is 4.99 Å². The maximum absolute atomic E-state index is 12.3. The van der Waals surface area contributed by atoms with E-state index in [1.165, 1.54) is 28.8 Å². The minimum atomic E-state index is -0.980. The van der Waals surface area contributed by atoms with Gasteiger partial charge in [-0.15, -0.1) is 0 Å². The Hall–Kier alpha value is -2.93. The summed E-state index contributed by atoms with van der Waals surface area (Å²) in [7, 11) is 1.67. The standard InChI is InChI=1S/C17H13N3O3S/c1-20-15(21)14(9-11-4-6-12(7-5-11)16(22)23)24-17(20)19-13-3-2-8-18-10-13/h2-10H,1H3,(H,22,23)/b14-9+,19-17?. The number of aromatic carboxylic acids is 1. The molecule has 1 aliphatic heterocycles. The minimum absolute atomic E-state index is 0.148. The van der Waals surface area contributed by atoms with Crippen molar-refractivity contribution < 1.29 is 14.7 Å². The number of carboxylic acids is 1. The van der Waals surface area contributed by atoms with Gasteiger partial charge in [0.25, 0.3) is 5.91 Å². The predicted octanol–water partition coefficient (Wildman–Crippen LogP) is 3.01. The zero-order valence-electron chi connectivity index (χ0n) is 12.7. The molecule has 120 valence electrons. The molecule has 0 bridgehead atoms. The van der Waals surface area contributed by atoms with Crippen LogP contribution in [-0.4, -0.2) is 39.1 Å². The third-order valence-electron chi connectivity index (χ3n) is 3.33. The average molecular weight is 339 g/mol. The summed E-state index contributed by atoms with van der Waals surface area (Å²) in [6, 6.07) is 9.94. The molecule has 0 radical (unpaired) electrons. The van der Waals surface area contributed by atoms with Gasteiger partial charge in [-0.1, -0.05) is 12.1 Å². The number of carbonyl (C=O) groups is 2. The molecule has 2 heterocycles. The Kier molecular flexibility index (Phi) is 4.43. The summed E-state index contributed by atoms with van der Waals surface area (Å²) in [5, 5.41) is 9.48. The molecule has 0 atom stereocenters. The quantitative estimate of drug-likeness (QED) is 0.869. The lowest BCUT2D eigenvalue weighted by Crippen LogP contribution is -2.23. The number of amides is 1. The van der Waals surface area contributed by atoms with Crippen molar-refractivity contribution in [3.63, 3.8) is 0 Å². The zero-order chi connectivity index (χ0) is 17.1. The number of amidine groups is 1. The second-order valence-corrected chi connectivity index (χ2v) is 6.02. The van der Waals surface area contributed by atoms with Crippen LogP contribution in [-0.2, 0) is 4.79 Å². The number of likely N-dealkylation sites (N-methyl/N-ethyl adjacent to an activating group) is 1. The van der Waals surface area contributed by atoms with Gasteiger partial charge in [0.15, 0.2) is 5.17 Å². The Morgan fingerprint density at radius 3 is 2.67 bits per heavy atom. The Balaban J connectivity index is 1.86. The van der Waals surface area contributed by atoms with E-state index < -0.39 is 5.97 Å². The lowest BCUT2D eigenvalue weighted by Gasteiger charge is -2.06. The van der Waals surface area contributed by atoms with Gasteiger partial charge in [-0.25, -0.2) is 9.79 Å². The van der Waals surface area contributed by atoms with E-state index in [1.807, 2.05) is 6.07 Å². The van der Waals surface area contributed by atoms with Crippen molar-refractivity contribution >= 4 is 40.6 Å². The molecule has 0 aliphatic carbocycles. The molecule has 1 saturated heterocycles. The number of hydrogen-bond donors (Lipinski definition) is 1. The van der Waals surface area contributed by atoms with Gasteiger partial charge < -0.3 is 5.11 Å². The summed E-state index contributed by atoms with van der Waals surface area (Å²) in [6.45, 7) is 0. The van der Waals surface area contributed by atoms with Crippen LogP contribution >= 0.6 is 11.8 Å². The van der Waals surface area contributed by atoms with E-state index >= 15 is 0 Å². The van der Waals surface area contributed by atoms with Gasteiger partial charge in [0.05, 0.1) is 22.4 Å². The second kappa shape index (κ2) is 6.67. The fourth-order valence-corrected chi connectivity index (χ4v) is 3.04. The Morgan fingerprint density at radius 2 is 2.04 bits per heavy atom. The van der Waals surface area contributed by atoms with Crippen LogP contribution in [0.1, 0.15) is 15.9 Å². The first-order valence-corrected chi connectivity index (χ1v) is 7.86. The Bertz CT molecular complexity index is 845. The van der Waals surface area contributed by atoms with Gasteiger partial charge in [-0.3, -0.25) is 14.7 Å². The van der Waals surface area contributed by atoms with Crippen molar-refractivity contribution in [2.45, 2.75) is 0 Å². The number of rotatable bonds is 3. The summed E-state index contributed by atoms with van der Waals surface area (Å²) in [4.78, 5) is 33.6. The Morgan fingerprint density at radius 1 is 1.29 bits per heavy atom. The average Bonchev–Trinajstić information content (AvgIpc) is 2.84. The second-order valence-electron chi connectivity index (χ2n) is 5.01. The fraction of sp³-hybridized carbons (Fsp3) is 0.0588. The maximum Gasteiger partial charge on any atom is 0.335 e. The van der Waals surface area contributed by atoms with Crippen molar-refractivity contribution in [1.29, 1.82) is 0 Å². The number of aromatic nitrogens is 1. The van der Waals surface area contributed by atoms with Crippen LogP contribution in [0.15, 0.2) is 58.7 Å². The monoisotopic (exact) mass is 339 g/mol. The number of aliphatic imine (C=N–C) groups is 1. The van der Waals surface area contributed by atoms with Gasteiger partial charge in [0.1, 0.15) is 0 Å². The summed E-state index contributed by atoms with van der Waals surface area (Å²) < 4.78 is 0. The molecule has 1 N–H and O–H groups in total. The van der Waals surface area contributed by atoms with Crippen LogP contribution < -0.4 is 0 Å². The zero-order valence-corrected chi connectivity index (χ0v) is 13.5. The summed E-state index contributed by atoms with van der Waals surface area (Å²) in [5.41, 5.74) is 1.64. The first-order valence-electron chi connectivity index (χ1n) is 7.04. The summed E-state index contributed by atoms with van der Waals surface area (Å²) in [6.07, 6.45) is 5.01. The number of nitrogens with zero attached hydrogens (tertiary/aromatic N) is 3. The molecule has 0 unspecified atom stereocenters. The maximum atomic E-state index is 12.3. The number of hydrogen-bond acceptors (Lipinski definition) is 5. The van der Waals surface area contributed by atoms with Crippen molar-refractivity contribution in [3.05, 3.63) is 64.8 Å². The highest BCUT2D eigenvalue weighted by Crippen LogP contribution is 2.32. The van der Waals surface area contributed by atoms with Crippen LogP contribution in [0.5, 0.6) is 0 Å². The lowest BCUT2D eigenvalue weighted by atomic mass is 10.1. The number of pyridine rings is 1. The molecule has 2 aromatic rings. The fourth-order valence-electron chi connectivity index (χ4n) is 2.06. The van der Waals surface area contributed by atoms with Crippen LogP contribution in [0, 0.1) is 0 Å². The van der Waals surface area contributed by atoms with Gasteiger partial charge in [0, 0.05) is 13.2 Å². The van der Waals surface area contributed by atoms with E-state index in [0.29, 0.717) is 15.8 Å². The largest absolute Gasteiger partial charge is 0.478 e. The van der Waals surface area contributed by atoms with E-state index in [4.69, 9.17) is 5.11 Å². The van der Waals surface area contributed by atoms with E-state index in [2.05, 4.69) is 9.98 Å². The van der Waals surface area contributed by atoms with Crippen LogP contribution in [0.25, 0.3) is 6.08 Å². The van der Waals surface area contributed by atoms with Crippen LogP contribution in [0.2, 0.25) is 0 Å². The molecule has 3 rings (SSSR count). The highest BCUT2D eigenvalue weighted by molar-refractivity contribution is 8.18. The molecule has 1 aliphatic rings. The topological polar surface area (TPSA) is 82.9 Å². The smallest absolute Gasteiger partial charge is 0.335 e. The SMILES string of the molecule is CN1C(=O)/C(=C\c2ccc(C(=O)O)cc2)SC1=Nc1cccnc1. The van der Waals surface area contributed by atoms with E-state index in [9.17, 15) is 9.59 Å². The molecular weight excluding hydrogens is 326 g/mol. The summed E-state index contributed by atoms with van der Waals surface area (Å²) in [5.74, 6) is -1.13. The first kappa shape index (κ1) is 15.9. The van der Waals surface area contributed by atoms with Gasteiger partial charge in [-0.05, 0) is 47.7 Å². The number of thioether (sulfide) groups is 1. The van der Waals surface area contributed by atoms with Gasteiger partial charge >= 0.3 is 5.97 Å². The molecule has 1 aromatic heterocycles. The number of carbonyl (C=O) groups excluding carboxylic acids is 1. The molecule has 1 fully saturated rings. The molecule has 0 spiro atoms. The van der Waals surface area contributed by atoms with Crippen LogP contribution in [0.4, 0.5) is 5.69 Å². The molecule has 7 heteroatoms. The molecular formula is C17H13N3O3S.